The number of carbonyl (C=O) groups is 2. The minimum Gasteiger partial charge on any atom is -0.350 e. The zero-order valence-electron chi connectivity index (χ0n) is 19.8. The largest absolute Gasteiger partial charge is 0.350 e. The van der Waals surface area contributed by atoms with E-state index in [-0.39, 0.29) is 11.8 Å². The van der Waals surface area contributed by atoms with Gasteiger partial charge in [0.25, 0.3) is 11.8 Å². The van der Waals surface area contributed by atoms with E-state index in [1.165, 1.54) is 11.3 Å². The normalized spacial score (nSPS) is 18.4. The Morgan fingerprint density at radius 2 is 1.74 bits per heavy atom. The van der Waals surface area contributed by atoms with Crippen LogP contribution in [0.15, 0.2) is 54.9 Å². The van der Waals surface area contributed by atoms with Crippen LogP contribution in [-0.2, 0) is 29.5 Å². The van der Waals surface area contributed by atoms with Crippen LogP contribution in [0.5, 0.6) is 0 Å². The SMILES string of the molecule is CN(C)CC1CCc2c(c(C3=C(c4cn(C)c5ccccc45)C(=O)NC3=O)c3ccccn23)C1. The number of pyridine rings is 1. The highest BCUT2D eigenvalue weighted by molar-refractivity contribution is 6.50. The average Bonchev–Trinajstić information content (AvgIpc) is 3.41. The highest BCUT2D eigenvalue weighted by Gasteiger charge is 2.38. The van der Waals surface area contributed by atoms with E-state index in [0.29, 0.717) is 17.1 Å². The molecule has 0 fully saturated rings. The number of nitrogens with one attached hydrogen (secondary N) is 1. The van der Waals surface area contributed by atoms with Crippen molar-refractivity contribution in [2.24, 2.45) is 13.0 Å². The van der Waals surface area contributed by atoms with E-state index >= 15 is 0 Å². The minimum atomic E-state index is -0.318. The molecule has 1 aliphatic heterocycles. The molecule has 172 valence electrons. The van der Waals surface area contributed by atoms with E-state index in [2.05, 4.69) is 41.0 Å². The first kappa shape index (κ1) is 20.9. The third-order valence-corrected chi connectivity index (χ3v) is 7.31. The molecule has 6 rings (SSSR count). The number of nitrogens with zero attached hydrogens (tertiary/aromatic N) is 3. The van der Waals surface area contributed by atoms with Crippen molar-refractivity contribution in [3.05, 3.63) is 77.2 Å². The molecule has 1 aromatic carbocycles. The first-order chi connectivity index (χ1) is 16.4. The van der Waals surface area contributed by atoms with Crippen LogP contribution in [0.25, 0.3) is 27.6 Å². The van der Waals surface area contributed by atoms with Gasteiger partial charge in [0.2, 0.25) is 0 Å². The number of para-hydroxylation sites is 1. The first-order valence-electron chi connectivity index (χ1n) is 11.8. The van der Waals surface area contributed by atoms with Crippen molar-refractivity contribution in [3.8, 4) is 0 Å². The predicted octanol–water partition coefficient (Wildman–Crippen LogP) is 3.66. The average molecular weight is 453 g/mol. The zero-order chi connectivity index (χ0) is 23.6. The van der Waals surface area contributed by atoms with Crippen LogP contribution in [0.3, 0.4) is 0 Å². The fraction of sp³-hybridized carbons (Fsp3) is 0.286. The molecule has 1 unspecified atom stereocenters. The van der Waals surface area contributed by atoms with E-state index < -0.39 is 0 Å². The second-order valence-corrected chi connectivity index (χ2v) is 9.83. The lowest BCUT2D eigenvalue weighted by Crippen LogP contribution is -2.27. The summed E-state index contributed by atoms with van der Waals surface area (Å²) >= 11 is 0. The number of hydrogen-bond donors (Lipinski definition) is 1. The van der Waals surface area contributed by atoms with Gasteiger partial charge in [-0.05, 0) is 63.0 Å². The quantitative estimate of drug-likeness (QED) is 0.481. The van der Waals surface area contributed by atoms with E-state index in [9.17, 15) is 9.59 Å². The number of fused-ring (bicyclic) bond motifs is 4. The Bertz CT molecular complexity index is 1520. The van der Waals surface area contributed by atoms with Crippen molar-refractivity contribution < 1.29 is 9.59 Å². The van der Waals surface area contributed by atoms with Gasteiger partial charge in [0, 0.05) is 53.7 Å². The molecule has 34 heavy (non-hydrogen) atoms. The second-order valence-electron chi connectivity index (χ2n) is 9.83. The molecule has 0 radical (unpaired) electrons. The molecule has 1 atom stereocenters. The van der Waals surface area contributed by atoms with E-state index in [1.807, 2.05) is 54.2 Å². The van der Waals surface area contributed by atoms with Crippen molar-refractivity contribution in [2.75, 3.05) is 20.6 Å². The van der Waals surface area contributed by atoms with Crippen LogP contribution >= 0.6 is 0 Å². The molecule has 2 amide bonds. The van der Waals surface area contributed by atoms with Crippen LogP contribution in [0.1, 0.15) is 28.8 Å². The highest BCUT2D eigenvalue weighted by atomic mass is 16.2. The van der Waals surface area contributed by atoms with Crippen LogP contribution in [0.4, 0.5) is 0 Å². The summed E-state index contributed by atoms with van der Waals surface area (Å²) in [7, 11) is 6.19. The molecule has 0 saturated carbocycles. The number of carbonyl (C=O) groups excluding carboxylic acids is 2. The summed E-state index contributed by atoms with van der Waals surface area (Å²) in [6.45, 7) is 1.01. The van der Waals surface area contributed by atoms with E-state index in [0.717, 1.165) is 53.4 Å². The molecular formula is C28H28N4O2. The Balaban J connectivity index is 1.65. The molecule has 0 bridgehead atoms. The number of aryl methyl sites for hydroxylation is 2. The van der Waals surface area contributed by atoms with E-state index in [4.69, 9.17) is 0 Å². The topological polar surface area (TPSA) is 58.8 Å². The number of aromatic nitrogens is 2. The van der Waals surface area contributed by atoms with Crippen molar-refractivity contribution >= 4 is 39.4 Å². The first-order valence-corrected chi connectivity index (χ1v) is 11.8. The maximum atomic E-state index is 13.4. The monoisotopic (exact) mass is 452 g/mol. The molecule has 0 spiro atoms. The summed E-state index contributed by atoms with van der Waals surface area (Å²) in [6.07, 6.45) is 7.03. The molecule has 6 nitrogen and oxygen atoms in total. The molecular weight excluding hydrogens is 424 g/mol. The van der Waals surface area contributed by atoms with Gasteiger partial charge in [-0.25, -0.2) is 0 Å². The van der Waals surface area contributed by atoms with Crippen LogP contribution in [0.2, 0.25) is 0 Å². The Morgan fingerprint density at radius 1 is 1.00 bits per heavy atom. The smallest absolute Gasteiger partial charge is 0.259 e. The van der Waals surface area contributed by atoms with Crippen LogP contribution in [0, 0.1) is 5.92 Å². The number of benzene rings is 1. The Morgan fingerprint density at radius 3 is 2.56 bits per heavy atom. The number of hydrogen-bond acceptors (Lipinski definition) is 3. The van der Waals surface area contributed by atoms with Crippen molar-refractivity contribution in [2.45, 2.75) is 19.3 Å². The molecule has 4 heterocycles. The number of rotatable bonds is 4. The van der Waals surface area contributed by atoms with Gasteiger partial charge in [0.05, 0.1) is 16.7 Å². The molecule has 2 aliphatic rings. The van der Waals surface area contributed by atoms with Gasteiger partial charge in [-0.15, -0.1) is 0 Å². The van der Waals surface area contributed by atoms with Crippen molar-refractivity contribution in [1.29, 1.82) is 0 Å². The lowest BCUT2D eigenvalue weighted by molar-refractivity contribution is -0.122. The van der Waals surface area contributed by atoms with Gasteiger partial charge in [0.15, 0.2) is 0 Å². The minimum absolute atomic E-state index is 0.304. The van der Waals surface area contributed by atoms with E-state index in [1.54, 1.807) is 0 Å². The lowest BCUT2D eigenvalue weighted by atomic mass is 9.83. The van der Waals surface area contributed by atoms with Gasteiger partial charge in [-0.2, -0.15) is 0 Å². The summed E-state index contributed by atoms with van der Waals surface area (Å²) in [5.74, 6) is -0.108. The zero-order valence-corrected chi connectivity index (χ0v) is 19.8. The van der Waals surface area contributed by atoms with Gasteiger partial charge in [-0.3, -0.25) is 14.9 Å². The molecule has 3 aromatic heterocycles. The highest BCUT2D eigenvalue weighted by Crippen LogP contribution is 2.42. The van der Waals surface area contributed by atoms with Gasteiger partial charge in [0.1, 0.15) is 0 Å². The Kier molecular flexibility index (Phi) is 4.74. The third-order valence-electron chi connectivity index (χ3n) is 7.31. The third kappa shape index (κ3) is 3.06. The second kappa shape index (κ2) is 7.71. The van der Waals surface area contributed by atoms with Gasteiger partial charge in [-0.1, -0.05) is 24.3 Å². The molecule has 4 aromatic rings. The fourth-order valence-electron chi connectivity index (χ4n) is 5.99. The van der Waals surface area contributed by atoms with Crippen LogP contribution in [-0.4, -0.2) is 46.3 Å². The Labute approximate surface area is 198 Å². The van der Waals surface area contributed by atoms with Gasteiger partial charge >= 0.3 is 0 Å². The van der Waals surface area contributed by atoms with Gasteiger partial charge < -0.3 is 13.9 Å². The fourth-order valence-corrected chi connectivity index (χ4v) is 5.99. The number of amides is 2. The predicted molar refractivity (Wildman–Crippen MR) is 134 cm³/mol. The molecule has 1 aliphatic carbocycles. The summed E-state index contributed by atoms with van der Waals surface area (Å²) in [4.78, 5) is 28.9. The van der Waals surface area contributed by atoms with Crippen LogP contribution < -0.4 is 5.32 Å². The summed E-state index contributed by atoms with van der Waals surface area (Å²) in [5.41, 5.74) is 7.22. The van der Waals surface area contributed by atoms with Crippen molar-refractivity contribution in [1.82, 2.24) is 19.2 Å². The Hall–Kier alpha value is -3.64. The standard InChI is InChI=1S/C28H28N4O2/c1-30(2)15-17-11-12-22-19(14-17)24(23-10-6-7-13-32(22)23)26-25(27(33)29-28(26)34)20-16-31(3)21-9-5-4-8-18(20)21/h4-10,13,16-17H,11-12,14-15H2,1-3H3,(H,29,33,34). The maximum absolute atomic E-state index is 13.4. The summed E-state index contributed by atoms with van der Waals surface area (Å²) in [5, 5.41) is 3.59. The molecule has 0 saturated heterocycles. The summed E-state index contributed by atoms with van der Waals surface area (Å²) < 4.78 is 4.24. The molecule has 6 heteroatoms. The number of imide groups is 1. The maximum Gasteiger partial charge on any atom is 0.259 e. The van der Waals surface area contributed by atoms with Crippen molar-refractivity contribution in [3.63, 3.8) is 0 Å². The molecule has 1 N–H and O–H groups in total. The summed E-state index contributed by atoms with van der Waals surface area (Å²) in [6, 6.07) is 14.1. The lowest BCUT2D eigenvalue weighted by Gasteiger charge is -2.26.